The highest BCUT2D eigenvalue weighted by atomic mass is 127. The first-order chi connectivity index (χ1) is 13.4. The van der Waals surface area contributed by atoms with E-state index < -0.39 is 11.6 Å². The Kier molecular flexibility index (Phi) is 4.84. The summed E-state index contributed by atoms with van der Waals surface area (Å²) in [6, 6.07) is 14.5. The van der Waals surface area contributed by atoms with Crippen LogP contribution in [0.1, 0.15) is 6.92 Å². The van der Waals surface area contributed by atoms with Gasteiger partial charge in [0.25, 0.3) is 0 Å². The van der Waals surface area contributed by atoms with Crippen molar-refractivity contribution in [2.75, 3.05) is 5.32 Å². The van der Waals surface area contributed by atoms with Crippen molar-refractivity contribution in [2.45, 2.75) is 6.92 Å². The number of halogens is 3. The topological polar surface area (TPSA) is 46.9 Å². The monoisotopic (exact) mass is 489 g/mol. The predicted octanol–water partition coefficient (Wildman–Crippen LogP) is 5.53. The molecule has 0 spiro atoms. The Morgan fingerprint density at radius 1 is 1.07 bits per heavy atom. The van der Waals surface area contributed by atoms with Crippen LogP contribution in [0.5, 0.6) is 0 Å². The van der Waals surface area contributed by atoms with Crippen LogP contribution in [0.15, 0.2) is 60.9 Å². The van der Waals surface area contributed by atoms with Crippen LogP contribution in [0.4, 0.5) is 14.5 Å². The maximum atomic E-state index is 14.4. The lowest BCUT2D eigenvalue weighted by atomic mass is 10.0. The van der Waals surface area contributed by atoms with Gasteiger partial charge in [0.15, 0.2) is 0 Å². The highest BCUT2D eigenvalue weighted by Gasteiger charge is 2.12. The number of benzene rings is 3. The van der Waals surface area contributed by atoms with Crippen molar-refractivity contribution in [1.82, 2.24) is 9.55 Å². The molecule has 0 aliphatic heterocycles. The Hall–Kier alpha value is -2.81. The second-order valence-corrected chi connectivity index (χ2v) is 7.57. The first-order valence-electron chi connectivity index (χ1n) is 8.42. The van der Waals surface area contributed by atoms with Gasteiger partial charge in [0.05, 0.1) is 11.0 Å². The predicted molar refractivity (Wildman–Crippen MR) is 113 cm³/mol. The van der Waals surface area contributed by atoms with E-state index in [-0.39, 0.29) is 11.5 Å². The largest absolute Gasteiger partial charge is 0.326 e. The number of aromatic nitrogens is 2. The van der Waals surface area contributed by atoms with E-state index in [1.807, 2.05) is 22.8 Å². The van der Waals surface area contributed by atoms with Crippen molar-refractivity contribution in [3.8, 4) is 16.8 Å². The Morgan fingerprint density at radius 2 is 1.89 bits per heavy atom. The van der Waals surface area contributed by atoms with Gasteiger partial charge in [0.1, 0.15) is 18.0 Å². The van der Waals surface area contributed by atoms with E-state index in [4.69, 9.17) is 0 Å². The molecule has 0 saturated heterocycles. The summed E-state index contributed by atoms with van der Waals surface area (Å²) in [5.41, 5.74) is 3.68. The summed E-state index contributed by atoms with van der Waals surface area (Å²) in [4.78, 5) is 16.0. The molecule has 0 radical (unpaired) electrons. The van der Waals surface area contributed by atoms with Gasteiger partial charge >= 0.3 is 0 Å². The quantitative estimate of drug-likeness (QED) is 0.385. The SMILES string of the molecule is CC(=O)Nc1cc(-c2ccc(F)cc2F)cc(-n2cnc3cc(I)ccc32)c1. The molecule has 4 aromatic rings. The molecular formula is C21H14F2IN3O. The van der Waals surface area contributed by atoms with Crippen LogP contribution in [0.3, 0.4) is 0 Å². The molecular weight excluding hydrogens is 475 g/mol. The lowest BCUT2D eigenvalue weighted by Crippen LogP contribution is -2.07. The maximum Gasteiger partial charge on any atom is 0.221 e. The van der Waals surface area contributed by atoms with E-state index in [0.29, 0.717) is 16.9 Å². The Labute approximate surface area is 173 Å². The number of anilines is 1. The van der Waals surface area contributed by atoms with Gasteiger partial charge in [-0.3, -0.25) is 9.36 Å². The summed E-state index contributed by atoms with van der Waals surface area (Å²) < 4.78 is 30.6. The van der Waals surface area contributed by atoms with Crippen LogP contribution in [-0.4, -0.2) is 15.5 Å². The second-order valence-electron chi connectivity index (χ2n) is 6.32. The number of nitrogens with zero attached hydrogens (tertiary/aromatic N) is 2. The molecule has 1 heterocycles. The number of hydrogen-bond acceptors (Lipinski definition) is 2. The molecule has 4 nitrogen and oxygen atoms in total. The number of carbonyl (C=O) groups is 1. The third kappa shape index (κ3) is 3.62. The zero-order valence-corrected chi connectivity index (χ0v) is 16.9. The summed E-state index contributed by atoms with van der Waals surface area (Å²) in [7, 11) is 0. The molecule has 0 aliphatic rings. The van der Waals surface area contributed by atoms with Crippen molar-refractivity contribution < 1.29 is 13.6 Å². The summed E-state index contributed by atoms with van der Waals surface area (Å²) in [5, 5.41) is 2.73. The van der Waals surface area contributed by atoms with Crippen LogP contribution in [0, 0.1) is 15.2 Å². The van der Waals surface area contributed by atoms with Gasteiger partial charge in [0.2, 0.25) is 5.91 Å². The molecule has 1 N–H and O–H groups in total. The van der Waals surface area contributed by atoms with E-state index in [1.165, 1.54) is 19.1 Å². The highest BCUT2D eigenvalue weighted by molar-refractivity contribution is 14.1. The molecule has 0 atom stereocenters. The number of rotatable bonds is 3. The first-order valence-corrected chi connectivity index (χ1v) is 9.50. The molecule has 0 unspecified atom stereocenters. The average Bonchev–Trinajstić information content (AvgIpc) is 3.03. The summed E-state index contributed by atoms with van der Waals surface area (Å²) in [5.74, 6) is -1.56. The molecule has 4 rings (SSSR count). The van der Waals surface area contributed by atoms with E-state index >= 15 is 0 Å². The van der Waals surface area contributed by atoms with Gasteiger partial charge in [-0.25, -0.2) is 13.8 Å². The Morgan fingerprint density at radius 3 is 2.64 bits per heavy atom. The fourth-order valence-corrected chi connectivity index (χ4v) is 3.57. The zero-order chi connectivity index (χ0) is 19.8. The van der Waals surface area contributed by atoms with Crippen LogP contribution in [0.25, 0.3) is 27.8 Å². The van der Waals surface area contributed by atoms with Gasteiger partial charge < -0.3 is 5.32 Å². The minimum absolute atomic E-state index is 0.243. The average molecular weight is 489 g/mol. The first kappa shape index (κ1) is 18.5. The fourth-order valence-electron chi connectivity index (χ4n) is 3.10. The standard InChI is InChI=1S/C21H14F2IN3O/c1-12(28)26-16-6-13(18-4-2-14(22)8-19(18)23)7-17(10-16)27-11-25-20-9-15(24)3-5-21(20)27/h2-11H,1H3,(H,26,28). The van der Waals surface area contributed by atoms with Gasteiger partial charge in [0, 0.05) is 33.5 Å². The van der Waals surface area contributed by atoms with Gasteiger partial charge in [-0.2, -0.15) is 0 Å². The van der Waals surface area contributed by atoms with E-state index in [9.17, 15) is 13.6 Å². The molecule has 28 heavy (non-hydrogen) atoms. The van der Waals surface area contributed by atoms with Crippen molar-refractivity contribution in [3.63, 3.8) is 0 Å². The molecule has 0 bridgehead atoms. The van der Waals surface area contributed by atoms with Crippen molar-refractivity contribution >= 4 is 45.2 Å². The zero-order valence-electron chi connectivity index (χ0n) is 14.7. The molecule has 0 fully saturated rings. The number of imidazole rings is 1. The number of fused-ring (bicyclic) bond motifs is 1. The van der Waals surface area contributed by atoms with Crippen molar-refractivity contribution in [2.24, 2.45) is 0 Å². The summed E-state index contributed by atoms with van der Waals surface area (Å²) in [6.07, 6.45) is 1.68. The van der Waals surface area contributed by atoms with Gasteiger partial charge in [-0.1, -0.05) is 0 Å². The number of nitrogens with one attached hydrogen (secondary N) is 1. The Balaban J connectivity index is 1.92. The van der Waals surface area contributed by atoms with E-state index in [2.05, 4.69) is 32.9 Å². The van der Waals surface area contributed by atoms with Crippen LogP contribution in [0.2, 0.25) is 0 Å². The van der Waals surface area contributed by atoms with Gasteiger partial charge in [-0.05, 0) is 76.7 Å². The Bertz CT molecular complexity index is 1220. The molecule has 1 aromatic heterocycles. The van der Waals surface area contributed by atoms with E-state index in [1.54, 1.807) is 24.5 Å². The molecule has 140 valence electrons. The third-order valence-electron chi connectivity index (χ3n) is 4.27. The molecule has 1 amide bonds. The smallest absolute Gasteiger partial charge is 0.221 e. The van der Waals surface area contributed by atoms with Crippen LogP contribution in [-0.2, 0) is 4.79 Å². The second kappa shape index (κ2) is 7.31. The third-order valence-corrected chi connectivity index (χ3v) is 4.94. The van der Waals surface area contributed by atoms with Crippen LogP contribution < -0.4 is 5.32 Å². The highest BCUT2D eigenvalue weighted by Crippen LogP contribution is 2.30. The number of carbonyl (C=O) groups excluding carboxylic acids is 1. The molecule has 0 saturated carbocycles. The maximum absolute atomic E-state index is 14.4. The van der Waals surface area contributed by atoms with Crippen LogP contribution >= 0.6 is 22.6 Å². The normalized spacial score (nSPS) is 11.0. The fraction of sp³-hybridized carbons (Fsp3) is 0.0476. The lowest BCUT2D eigenvalue weighted by molar-refractivity contribution is -0.114. The molecule has 3 aromatic carbocycles. The number of amides is 1. The summed E-state index contributed by atoms with van der Waals surface area (Å²) >= 11 is 2.22. The minimum Gasteiger partial charge on any atom is -0.326 e. The van der Waals surface area contributed by atoms with E-state index in [0.717, 1.165) is 20.7 Å². The minimum atomic E-state index is -0.670. The number of hydrogen-bond donors (Lipinski definition) is 1. The van der Waals surface area contributed by atoms with Gasteiger partial charge in [-0.15, -0.1) is 0 Å². The summed E-state index contributed by atoms with van der Waals surface area (Å²) in [6.45, 7) is 1.40. The van der Waals surface area contributed by atoms with Crippen molar-refractivity contribution in [1.29, 1.82) is 0 Å². The molecule has 7 heteroatoms. The lowest BCUT2D eigenvalue weighted by Gasteiger charge is -2.12. The van der Waals surface area contributed by atoms with Crippen molar-refractivity contribution in [3.05, 3.63) is 76.1 Å². The molecule has 0 aliphatic carbocycles.